The van der Waals surface area contributed by atoms with Crippen LogP contribution >= 0.6 is 11.6 Å². The summed E-state index contributed by atoms with van der Waals surface area (Å²) in [5.41, 5.74) is 4.42. The smallest absolute Gasteiger partial charge is 0.271 e. The predicted molar refractivity (Wildman–Crippen MR) is 135 cm³/mol. The summed E-state index contributed by atoms with van der Waals surface area (Å²) in [5, 5.41) is 17.2. The number of fused-ring (bicyclic) bond motifs is 1. The van der Waals surface area contributed by atoms with Gasteiger partial charge in [-0.25, -0.2) is 9.37 Å². The maximum atomic E-state index is 14.0. The maximum Gasteiger partial charge on any atom is 0.271 e. The molecule has 2 N–H and O–H groups in total. The Balaban J connectivity index is 1.47. The molecule has 9 nitrogen and oxygen atoms in total. The van der Waals surface area contributed by atoms with Crippen LogP contribution in [0.3, 0.4) is 0 Å². The molecular formula is C26H25ClFN5O4. The first-order valence-electron chi connectivity index (χ1n) is 11.6. The molecule has 1 atom stereocenters. The molecule has 3 aromatic heterocycles. The second-order valence-corrected chi connectivity index (χ2v) is 9.27. The minimum Gasteiger partial charge on any atom is -0.392 e. The molecule has 4 heterocycles. The summed E-state index contributed by atoms with van der Waals surface area (Å²) in [5.74, 6) is -0.109. The number of methoxy groups -OCH3 is 1. The molecule has 192 valence electrons. The third-order valence-corrected chi connectivity index (χ3v) is 6.74. The fourth-order valence-corrected chi connectivity index (χ4v) is 4.73. The van der Waals surface area contributed by atoms with Crippen molar-refractivity contribution in [2.75, 3.05) is 19.0 Å². The summed E-state index contributed by atoms with van der Waals surface area (Å²) in [6.07, 6.45) is 4.91. The number of amides is 1. The van der Waals surface area contributed by atoms with E-state index in [0.717, 1.165) is 5.56 Å². The number of nitrogens with zero attached hydrogens (tertiary/aromatic N) is 4. The fraction of sp³-hybridized carbons (Fsp3) is 0.269. The number of benzene rings is 1. The maximum absolute atomic E-state index is 14.0. The van der Waals surface area contributed by atoms with E-state index in [1.165, 1.54) is 24.5 Å². The van der Waals surface area contributed by atoms with Crippen LogP contribution in [0.5, 0.6) is 0 Å². The van der Waals surface area contributed by atoms with Crippen molar-refractivity contribution in [3.63, 3.8) is 0 Å². The van der Waals surface area contributed by atoms with Crippen LogP contribution in [0.15, 0.2) is 53.5 Å². The van der Waals surface area contributed by atoms with Crippen molar-refractivity contribution in [2.45, 2.75) is 32.7 Å². The van der Waals surface area contributed by atoms with Gasteiger partial charge in [0.1, 0.15) is 35.0 Å². The lowest BCUT2D eigenvalue weighted by Gasteiger charge is -2.36. The summed E-state index contributed by atoms with van der Waals surface area (Å²) in [6.45, 7) is 2.48. The predicted octanol–water partition coefficient (Wildman–Crippen LogP) is 4.55. The number of aromatic nitrogens is 3. The van der Waals surface area contributed by atoms with Gasteiger partial charge < -0.3 is 29.2 Å². The van der Waals surface area contributed by atoms with E-state index in [2.05, 4.69) is 15.5 Å². The number of rotatable bonds is 8. The Bertz CT molecular complexity index is 1450. The van der Waals surface area contributed by atoms with Crippen molar-refractivity contribution >= 4 is 29.0 Å². The van der Waals surface area contributed by atoms with Gasteiger partial charge >= 0.3 is 0 Å². The second kappa shape index (κ2) is 10.3. The van der Waals surface area contributed by atoms with Crippen LogP contribution in [0.25, 0.3) is 11.1 Å². The van der Waals surface area contributed by atoms with Crippen molar-refractivity contribution < 1.29 is 23.6 Å². The third-order valence-electron chi connectivity index (χ3n) is 6.44. The number of hydrogen-bond acceptors (Lipinski definition) is 7. The number of aliphatic hydroxyl groups excluding tert-OH is 1. The third kappa shape index (κ3) is 4.95. The first kappa shape index (κ1) is 24.9. The Kier molecular flexibility index (Phi) is 6.96. The van der Waals surface area contributed by atoms with Crippen LogP contribution in [-0.2, 0) is 24.4 Å². The largest absolute Gasteiger partial charge is 0.392 e. The van der Waals surface area contributed by atoms with Crippen LogP contribution in [0.1, 0.15) is 27.3 Å². The van der Waals surface area contributed by atoms with Crippen molar-refractivity contribution in [2.24, 2.45) is 0 Å². The molecule has 0 spiro atoms. The van der Waals surface area contributed by atoms with Gasteiger partial charge in [0, 0.05) is 43.7 Å². The minimum atomic E-state index is -0.427. The van der Waals surface area contributed by atoms with Gasteiger partial charge in [0.25, 0.3) is 5.91 Å². The molecule has 37 heavy (non-hydrogen) atoms. The monoisotopic (exact) mass is 525 g/mol. The van der Waals surface area contributed by atoms with E-state index in [0.29, 0.717) is 57.8 Å². The molecular weight excluding hydrogens is 501 g/mol. The van der Waals surface area contributed by atoms with E-state index in [4.69, 9.17) is 20.9 Å². The molecule has 1 unspecified atom stereocenters. The lowest BCUT2D eigenvalue weighted by Crippen LogP contribution is -2.49. The number of carbonyl (C=O) groups excluding carboxylic acids is 1. The number of pyridine rings is 1. The Hall–Kier alpha value is -3.73. The molecule has 4 aromatic rings. The topological polar surface area (TPSA) is 106 Å². The number of anilines is 2. The van der Waals surface area contributed by atoms with E-state index in [9.17, 15) is 14.3 Å². The molecule has 1 aliphatic rings. The van der Waals surface area contributed by atoms with Gasteiger partial charge in [-0.15, -0.1) is 0 Å². The van der Waals surface area contributed by atoms with E-state index in [-0.39, 0.29) is 25.1 Å². The summed E-state index contributed by atoms with van der Waals surface area (Å²) < 4.78 is 26.2. The van der Waals surface area contributed by atoms with Crippen LogP contribution in [-0.4, -0.2) is 50.4 Å². The Labute approximate surface area is 217 Å². The highest BCUT2D eigenvalue weighted by Gasteiger charge is 2.34. The fourth-order valence-electron chi connectivity index (χ4n) is 4.52. The van der Waals surface area contributed by atoms with E-state index < -0.39 is 5.82 Å². The highest BCUT2D eigenvalue weighted by Crippen LogP contribution is 2.34. The number of halogens is 2. The standard InChI is InChI=1S/C26H25ClFN5O4/c1-15-23(14-37-31-15)30-25-7-21(22(27)8-29-25)18-6-24-26(35)33(20(13-36-2)11-32(24)9-18)10-17-5-19(28)4-3-16(17)12-34/h3-9,14,20,34H,10-13H2,1-2H3,(H,29,30). The van der Waals surface area contributed by atoms with Crippen molar-refractivity contribution in [1.29, 1.82) is 0 Å². The van der Waals surface area contributed by atoms with Gasteiger partial charge in [-0.3, -0.25) is 4.79 Å². The van der Waals surface area contributed by atoms with Crippen molar-refractivity contribution in [3.05, 3.63) is 82.3 Å². The number of aryl methyl sites for hydroxylation is 1. The number of carbonyl (C=O) groups is 1. The zero-order valence-electron chi connectivity index (χ0n) is 20.2. The molecule has 5 rings (SSSR count). The zero-order chi connectivity index (χ0) is 26.1. The zero-order valence-corrected chi connectivity index (χ0v) is 21.0. The molecule has 0 bridgehead atoms. The summed E-state index contributed by atoms with van der Waals surface area (Å²) in [4.78, 5) is 19.6. The van der Waals surface area contributed by atoms with Gasteiger partial charge in [-0.1, -0.05) is 22.8 Å². The normalized spacial score (nSPS) is 15.2. The van der Waals surface area contributed by atoms with Crippen LogP contribution in [0, 0.1) is 12.7 Å². The quantitative estimate of drug-likeness (QED) is 0.348. The Morgan fingerprint density at radius 3 is 2.86 bits per heavy atom. The molecule has 0 aliphatic carbocycles. The number of ether oxygens (including phenoxy) is 1. The molecule has 11 heteroatoms. The lowest BCUT2D eigenvalue weighted by molar-refractivity contribution is 0.0386. The molecule has 0 saturated heterocycles. The van der Waals surface area contributed by atoms with Gasteiger partial charge in [0.05, 0.1) is 24.3 Å². The van der Waals surface area contributed by atoms with Crippen molar-refractivity contribution in [1.82, 2.24) is 19.6 Å². The minimum absolute atomic E-state index is 0.142. The van der Waals surface area contributed by atoms with Crippen molar-refractivity contribution in [3.8, 4) is 11.1 Å². The molecule has 0 radical (unpaired) electrons. The van der Waals surface area contributed by atoms with Gasteiger partial charge in [0.2, 0.25) is 0 Å². The van der Waals surface area contributed by atoms with Gasteiger partial charge in [-0.2, -0.15) is 0 Å². The summed E-state index contributed by atoms with van der Waals surface area (Å²) in [6, 6.07) is 7.47. The highest BCUT2D eigenvalue weighted by molar-refractivity contribution is 6.33. The van der Waals surface area contributed by atoms with E-state index in [1.807, 2.05) is 17.7 Å². The van der Waals surface area contributed by atoms with Crippen LogP contribution in [0.4, 0.5) is 15.9 Å². The first-order chi connectivity index (χ1) is 17.9. The highest BCUT2D eigenvalue weighted by atomic mass is 35.5. The Morgan fingerprint density at radius 1 is 1.30 bits per heavy atom. The summed E-state index contributed by atoms with van der Waals surface area (Å²) in [7, 11) is 1.57. The van der Waals surface area contributed by atoms with Crippen LogP contribution < -0.4 is 5.32 Å². The van der Waals surface area contributed by atoms with Gasteiger partial charge in [-0.05, 0) is 42.3 Å². The average Bonchev–Trinajstić information content (AvgIpc) is 3.49. The SMILES string of the molecule is COCC1Cn2cc(-c3cc(Nc4conc4C)ncc3Cl)cc2C(=O)N1Cc1cc(F)ccc1CO. The average molecular weight is 526 g/mol. The number of nitrogens with one attached hydrogen (secondary N) is 1. The van der Waals surface area contributed by atoms with E-state index in [1.54, 1.807) is 30.3 Å². The molecule has 1 amide bonds. The number of aliphatic hydroxyl groups is 1. The van der Waals surface area contributed by atoms with Crippen LogP contribution in [0.2, 0.25) is 5.02 Å². The molecule has 1 aliphatic heterocycles. The lowest BCUT2D eigenvalue weighted by atomic mass is 10.0. The van der Waals surface area contributed by atoms with E-state index >= 15 is 0 Å². The second-order valence-electron chi connectivity index (χ2n) is 8.87. The van der Waals surface area contributed by atoms with Gasteiger partial charge in [0.15, 0.2) is 0 Å². The molecule has 0 saturated carbocycles. The summed E-state index contributed by atoms with van der Waals surface area (Å²) >= 11 is 6.50. The first-order valence-corrected chi connectivity index (χ1v) is 12.0. The number of hydrogen-bond donors (Lipinski definition) is 2. The Morgan fingerprint density at radius 2 is 2.14 bits per heavy atom. The molecule has 0 fully saturated rings. The molecule has 1 aromatic carbocycles.